The summed E-state index contributed by atoms with van der Waals surface area (Å²) in [5.74, 6) is -1.13. The summed E-state index contributed by atoms with van der Waals surface area (Å²) in [7, 11) is 0. The van der Waals surface area contributed by atoms with Crippen LogP contribution in [0.1, 0.15) is 21.5 Å². The number of alkyl halides is 3. The zero-order valence-electron chi connectivity index (χ0n) is 17.8. The third kappa shape index (κ3) is 4.84. The third-order valence-electron chi connectivity index (χ3n) is 5.36. The molecule has 0 fully saturated rings. The lowest BCUT2D eigenvalue weighted by atomic mass is 9.94. The van der Waals surface area contributed by atoms with Crippen LogP contribution in [-0.4, -0.2) is 28.8 Å². The molecule has 0 bridgehead atoms. The van der Waals surface area contributed by atoms with Crippen LogP contribution < -0.4 is 5.32 Å². The number of carbonyl (C=O) groups is 1. The Morgan fingerprint density at radius 1 is 0.939 bits per heavy atom. The lowest BCUT2D eigenvalue weighted by molar-refractivity contribution is -0.123. The van der Waals surface area contributed by atoms with Gasteiger partial charge in [0.1, 0.15) is 18.1 Å². The van der Waals surface area contributed by atoms with E-state index in [2.05, 4.69) is 10.2 Å². The molecule has 0 saturated carbocycles. The van der Waals surface area contributed by atoms with Crippen LogP contribution >= 0.6 is 0 Å². The number of nitrogens with one attached hydrogen (secondary N) is 1. The van der Waals surface area contributed by atoms with Crippen molar-refractivity contribution in [2.45, 2.75) is 20.0 Å². The molecule has 33 heavy (non-hydrogen) atoms. The Kier molecular flexibility index (Phi) is 5.84. The van der Waals surface area contributed by atoms with Gasteiger partial charge in [0.2, 0.25) is 0 Å². The van der Waals surface area contributed by atoms with Gasteiger partial charge in [-0.2, -0.15) is 18.3 Å². The molecule has 0 saturated heterocycles. The van der Waals surface area contributed by atoms with Crippen molar-refractivity contribution in [1.82, 2.24) is 15.5 Å². The molecule has 4 nitrogen and oxygen atoms in total. The largest absolute Gasteiger partial charge is 0.405 e. The number of nitrogens with zero attached hydrogens (tertiary/aromatic N) is 2. The summed E-state index contributed by atoms with van der Waals surface area (Å²) in [5.41, 5.74) is 4.60. The average Bonchev–Trinajstić information content (AvgIpc) is 2.77. The highest BCUT2D eigenvalue weighted by Crippen LogP contribution is 2.32. The van der Waals surface area contributed by atoms with Crippen molar-refractivity contribution in [3.05, 3.63) is 83.3 Å². The first-order chi connectivity index (χ1) is 15.6. The van der Waals surface area contributed by atoms with Gasteiger partial charge in [0.25, 0.3) is 5.91 Å². The first kappa shape index (κ1) is 22.4. The van der Waals surface area contributed by atoms with E-state index in [1.165, 1.54) is 18.2 Å². The molecule has 0 radical (unpaired) electrons. The number of hydrogen-bond donors (Lipinski definition) is 1. The minimum atomic E-state index is -4.48. The Balaban J connectivity index is 1.73. The molecule has 1 amide bonds. The molecule has 0 aliphatic heterocycles. The number of benzene rings is 3. The van der Waals surface area contributed by atoms with Gasteiger partial charge in [0.15, 0.2) is 0 Å². The van der Waals surface area contributed by atoms with Crippen LogP contribution in [0, 0.1) is 19.7 Å². The van der Waals surface area contributed by atoms with Crippen molar-refractivity contribution in [1.29, 1.82) is 0 Å². The summed E-state index contributed by atoms with van der Waals surface area (Å²) in [4.78, 5) is 12.2. The Bertz CT molecular complexity index is 1370. The number of halogens is 4. The zero-order chi connectivity index (χ0) is 23.8. The van der Waals surface area contributed by atoms with Gasteiger partial charge in [-0.15, -0.1) is 5.10 Å². The highest BCUT2D eigenvalue weighted by Gasteiger charge is 2.28. The van der Waals surface area contributed by atoms with Gasteiger partial charge in [0, 0.05) is 21.9 Å². The molecule has 0 unspecified atom stereocenters. The number of amides is 1. The Hall–Kier alpha value is -3.81. The van der Waals surface area contributed by atoms with Crippen molar-refractivity contribution >= 4 is 16.7 Å². The summed E-state index contributed by atoms with van der Waals surface area (Å²) in [6, 6.07) is 14.8. The number of rotatable bonds is 4. The number of carbonyl (C=O) groups excluding carboxylic acids is 1. The Morgan fingerprint density at radius 2 is 1.73 bits per heavy atom. The predicted molar refractivity (Wildman–Crippen MR) is 118 cm³/mol. The third-order valence-corrected chi connectivity index (χ3v) is 5.36. The van der Waals surface area contributed by atoms with E-state index in [0.29, 0.717) is 11.3 Å². The van der Waals surface area contributed by atoms with Crippen molar-refractivity contribution in [2.75, 3.05) is 6.54 Å². The van der Waals surface area contributed by atoms with Crippen LogP contribution in [0.25, 0.3) is 33.2 Å². The topological polar surface area (TPSA) is 54.9 Å². The summed E-state index contributed by atoms with van der Waals surface area (Å²) in [5, 5.41) is 11.8. The molecule has 8 heteroatoms. The lowest BCUT2D eigenvalue weighted by Crippen LogP contribution is -2.33. The smallest absolute Gasteiger partial charge is 0.343 e. The first-order valence-corrected chi connectivity index (χ1v) is 10.1. The predicted octanol–water partition coefficient (Wildman–Crippen LogP) is 6.01. The fourth-order valence-corrected chi connectivity index (χ4v) is 3.70. The van der Waals surface area contributed by atoms with Gasteiger partial charge in [-0.1, -0.05) is 18.2 Å². The van der Waals surface area contributed by atoms with Crippen molar-refractivity contribution in [3.8, 4) is 22.4 Å². The monoisotopic (exact) mass is 453 g/mol. The Morgan fingerprint density at radius 3 is 2.45 bits per heavy atom. The minimum absolute atomic E-state index is 0.135. The molecule has 168 valence electrons. The second-order valence-electron chi connectivity index (χ2n) is 7.78. The number of aryl methyl sites for hydroxylation is 2. The van der Waals surface area contributed by atoms with Gasteiger partial charge in [-0.25, -0.2) is 4.39 Å². The number of fused-ring (bicyclic) bond motifs is 1. The zero-order valence-corrected chi connectivity index (χ0v) is 17.8. The van der Waals surface area contributed by atoms with Crippen LogP contribution in [0.3, 0.4) is 0 Å². The molecule has 0 aliphatic carbocycles. The van der Waals surface area contributed by atoms with Gasteiger partial charge in [-0.3, -0.25) is 4.79 Å². The van der Waals surface area contributed by atoms with E-state index in [4.69, 9.17) is 0 Å². The molecule has 0 aliphatic rings. The highest BCUT2D eigenvalue weighted by molar-refractivity contribution is 5.98. The van der Waals surface area contributed by atoms with Gasteiger partial charge >= 0.3 is 6.18 Å². The van der Waals surface area contributed by atoms with Crippen LogP contribution in [-0.2, 0) is 0 Å². The SMILES string of the molecule is Cc1ccc(C(=O)NCC(F)(F)F)cc1-c1ccc2c(-c3ccc(F)cc3C)nncc2c1. The fourth-order valence-electron chi connectivity index (χ4n) is 3.70. The normalized spacial score (nSPS) is 11.6. The van der Waals surface area contributed by atoms with E-state index in [1.54, 1.807) is 31.3 Å². The first-order valence-electron chi connectivity index (χ1n) is 10.1. The van der Waals surface area contributed by atoms with Gasteiger partial charge in [0.05, 0.1) is 6.20 Å². The van der Waals surface area contributed by atoms with Crippen LogP contribution in [0.4, 0.5) is 17.6 Å². The molecule has 1 aromatic heterocycles. The van der Waals surface area contributed by atoms with Gasteiger partial charge < -0.3 is 5.32 Å². The molecular formula is C25H19F4N3O. The summed E-state index contributed by atoms with van der Waals surface area (Å²) in [6.45, 7) is 2.26. The van der Waals surface area contributed by atoms with Gasteiger partial charge in [-0.05, 0) is 72.5 Å². The molecule has 1 N–H and O–H groups in total. The molecular weight excluding hydrogens is 434 g/mol. The second-order valence-corrected chi connectivity index (χ2v) is 7.78. The van der Waals surface area contributed by atoms with E-state index in [9.17, 15) is 22.4 Å². The standard InChI is InChI=1S/C25H19F4N3O/c1-14-3-4-17(24(33)30-13-25(27,28)29)11-22(14)16-5-7-21-18(10-16)12-31-32-23(21)20-8-6-19(26)9-15(20)2/h3-12H,13H2,1-2H3,(H,30,33). The van der Waals surface area contributed by atoms with E-state index < -0.39 is 18.6 Å². The Labute approximate surface area is 187 Å². The van der Waals surface area contributed by atoms with Crippen molar-refractivity contribution in [2.24, 2.45) is 0 Å². The highest BCUT2D eigenvalue weighted by atomic mass is 19.4. The quantitative estimate of drug-likeness (QED) is 0.385. The fraction of sp³-hybridized carbons (Fsp3) is 0.160. The molecule has 4 aromatic rings. The minimum Gasteiger partial charge on any atom is -0.343 e. The van der Waals surface area contributed by atoms with Crippen LogP contribution in [0.15, 0.2) is 60.8 Å². The maximum absolute atomic E-state index is 13.5. The summed E-state index contributed by atoms with van der Waals surface area (Å²) in [6.07, 6.45) is -2.88. The van der Waals surface area contributed by atoms with Crippen LogP contribution in [0.2, 0.25) is 0 Å². The number of aromatic nitrogens is 2. The molecule has 1 heterocycles. The molecule has 0 spiro atoms. The maximum atomic E-state index is 13.5. The summed E-state index contributed by atoms with van der Waals surface area (Å²) < 4.78 is 50.9. The van der Waals surface area contributed by atoms with Crippen molar-refractivity contribution < 1.29 is 22.4 Å². The van der Waals surface area contributed by atoms with E-state index in [0.717, 1.165) is 33.0 Å². The van der Waals surface area contributed by atoms with E-state index in [1.807, 2.05) is 30.4 Å². The van der Waals surface area contributed by atoms with Crippen molar-refractivity contribution in [3.63, 3.8) is 0 Å². The molecule has 3 aromatic carbocycles. The number of hydrogen-bond acceptors (Lipinski definition) is 3. The van der Waals surface area contributed by atoms with E-state index in [-0.39, 0.29) is 11.4 Å². The maximum Gasteiger partial charge on any atom is 0.405 e. The molecule has 4 rings (SSSR count). The van der Waals surface area contributed by atoms with E-state index >= 15 is 0 Å². The van der Waals surface area contributed by atoms with Crippen LogP contribution in [0.5, 0.6) is 0 Å². The second kappa shape index (κ2) is 8.61. The summed E-state index contributed by atoms with van der Waals surface area (Å²) >= 11 is 0. The lowest BCUT2D eigenvalue weighted by Gasteiger charge is -2.13. The average molecular weight is 453 g/mol. The molecule has 0 atom stereocenters.